The fourth-order valence-corrected chi connectivity index (χ4v) is 4.61. The van der Waals surface area contributed by atoms with Crippen LogP contribution in [-0.2, 0) is 9.59 Å². The van der Waals surface area contributed by atoms with Gasteiger partial charge in [0.2, 0.25) is 5.91 Å². The van der Waals surface area contributed by atoms with Crippen molar-refractivity contribution in [2.45, 2.75) is 6.92 Å². The number of fused-ring (bicyclic) bond motifs is 1. The second kappa shape index (κ2) is 9.29. The van der Waals surface area contributed by atoms with E-state index in [1.165, 1.54) is 16.7 Å². The highest BCUT2D eigenvalue weighted by atomic mass is 32.2. The number of amides is 2. The summed E-state index contributed by atoms with van der Waals surface area (Å²) in [5.74, 6) is -0.533. The predicted molar refractivity (Wildman–Crippen MR) is 133 cm³/mol. The van der Waals surface area contributed by atoms with Crippen LogP contribution in [0, 0.1) is 0 Å². The fourth-order valence-electron chi connectivity index (χ4n) is 3.31. The SMILES string of the molecule is CC(/C=C1\SC(=S)N(CC(=O)Nc2ccc3ccccc3c2)C1=O)=C\c1ccccc1. The van der Waals surface area contributed by atoms with Crippen LogP contribution in [0.15, 0.2) is 89.4 Å². The Morgan fingerprint density at radius 3 is 2.52 bits per heavy atom. The molecule has 0 radical (unpaired) electrons. The topological polar surface area (TPSA) is 49.4 Å². The molecule has 3 aromatic rings. The number of hydrogen-bond acceptors (Lipinski definition) is 4. The van der Waals surface area contributed by atoms with Crippen molar-refractivity contribution in [3.63, 3.8) is 0 Å². The zero-order valence-corrected chi connectivity index (χ0v) is 18.5. The maximum absolute atomic E-state index is 12.8. The van der Waals surface area contributed by atoms with Crippen LogP contribution < -0.4 is 5.32 Å². The van der Waals surface area contributed by atoms with Gasteiger partial charge >= 0.3 is 0 Å². The first-order valence-electron chi connectivity index (χ1n) is 9.77. The van der Waals surface area contributed by atoms with Gasteiger partial charge < -0.3 is 5.32 Å². The number of hydrogen-bond donors (Lipinski definition) is 1. The molecular formula is C25H20N2O2S2. The third-order valence-electron chi connectivity index (χ3n) is 4.76. The molecule has 0 aromatic heterocycles. The molecule has 0 aliphatic carbocycles. The maximum Gasteiger partial charge on any atom is 0.266 e. The lowest BCUT2D eigenvalue weighted by molar-refractivity contribution is -0.126. The lowest BCUT2D eigenvalue weighted by Crippen LogP contribution is -2.36. The normalized spacial score (nSPS) is 15.7. The molecule has 1 aliphatic heterocycles. The Kier molecular flexibility index (Phi) is 6.30. The van der Waals surface area contributed by atoms with Crippen molar-refractivity contribution in [1.82, 2.24) is 4.90 Å². The monoisotopic (exact) mass is 444 g/mol. The van der Waals surface area contributed by atoms with Crippen molar-refractivity contribution >= 4 is 62.7 Å². The van der Waals surface area contributed by atoms with Gasteiger partial charge in [-0.05, 0) is 47.0 Å². The number of carbonyl (C=O) groups excluding carboxylic acids is 2. The average Bonchev–Trinajstić information content (AvgIpc) is 3.01. The highest BCUT2D eigenvalue weighted by Crippen LogP contribution is 2.32. The van der Waals surface area contributed by atoms with Crippen molar-refractivity contribution in [2.24, 2.45) is 0 Å². The average molecular weight is 445 g/mol. The van der Waals surface area contributed by atoms with E-state index >= 15 is 0 Å². The molecule has 1 saturated heterocycles. The van der Waals surface area contributed by atoms with Gasteiger partial charge in [-0.2, -0.15) is 0 Å². The molecule has 3 aromatic carbocycles. The van der Waals surface area contributed by atoms with Gasteiger partial charge in [0, 0.05) is 5.69 Å². The van der Waals surface area contributed by atoms with Gasteiger partial charge in [-0.1, -0.05) is 90.7 Å². The third-order valence-corrected chi connectivity index (χ3v) is 6.14. The van der Waals surface area contributed by atoms with E-state index in [0.717, 1.165) is 21.9 Å². The van der Waals surface area contributed by atoms with E-state index in [0.29, 0.717) is 14.9 Å². The summed E-state index contributed by atoms with van der Waals surface area (Å²) in [5.41, 5.74) is 2.68. The Balaban J connectivity index is 1.43. The van der Waals surface area contributed by atoms with E-state index in [4.69, 9.17) is 12.2 Å². The molecule has 4 rings (SSSR count). The van der Waals surface area contributed by atoms with E-state index in [-0.39, 0.29) is 18.4 Å². The molecule has 1 fully saturated rings. The van der Waals surface area contributed by atoms with Crippen molar-refractivity contribution in [3.05, 3.63) is 94.9 Å². The summed E-state index contributed by atoms with van der Waals surface area (Å²) in [5, 5.41) is 4.99. The second-order valence-electron chi connectivity index (χ2n) is 7.18. The van der Waals surface area contributed by atoms with Gasteiger partial charge in [0.25, 0.3) is 5.91 Å². The van der Waals surface area contributed by atoms with Crippen LogP contribution in [0.2, 0.25) is 0 Å². The van der Waals surface area contributed by atoms with E-state index in [1.807, 2.05) is 91.9 Å². The summed E-state index contributed by atoms with van der Waals surface area (Å²) in [7, 11) is 0. The molecule has 1 heterocycles. The van der Waals surface area contributed by atoms with Crippen LogP contribution in [0.25, 0.3) is 16.8 Å². The third kappa shape index (κ3) is 5.10. The molecule has 154 valence electrons. The van der Waals surface area contributed by atoms with E-state index in [2.05, 4.69) is 5.32 Å². The van der Waals surface area contributed by atoms with Gasteiger partial charge in [-0.15, -0.1) is 0 Å². The number of benzene rings is 3. The second-order valence-corrected chi connectivity index (χ2v) is 8.85. The molecule has 0 unspecified atom stereocenters. The molecule has 0 bridgehead atoms. The number of nitrogens with zero attached hydrogens (tertiary/aromatic N) is 1. The smallest absolute Gasteiger partial charge is 0.266 e. The Hall–Kier alpha value is -3.22. The van der Waals surface area contributed by atoms with Crippen LogP contribution >= 0.6 is 24.0 Å². The van der Waals surface area contributed by atoms with Gasteiger partial charge in [0.15, 0.2) is 0 Å². The highest BCUT2D eigenvalue weighted by Gasteiger charge is 2.33. The summed E-state index contributed by atoms with van der Waals surface area (Å²) in [6, 6.07) is 23.5. The quantitative estimate of drug-likeness (QED) is 0.410. The zero-order valence-electron chi connectivity index (χ0n) is 16.9. The lowest BCUT2D eigenvalue weighted by atomic mass is 10.1. The van der Waals surface area contributed by atoms with E-state index in [1.54, 1.807) is 0 Å². The minimum Gasteiger partial charge on any atom is -0.325 e. The van der Waals surface area contributed by atoms with Gasteiger partial charge in [0.05, 0.1) is 4.91 Å². The van der Waals surface area contributed by atoms with Crippen LogP contribution in [0.3, 0.4) is 0 Å². The summed E-state index contributed by atoms with van der Waals surface area (Å²) in [4.78, 5) is 27.2. The molecule has 1 N–H and O–H groups in total. The van der Waals surface area contributed by atoms with Crippen LogP contribution in [0.1, 0.15) is 12.5 Å². The maximum atomic E-state index is 12.8. The van der Waals surface area contributed by atoms with Crippen molar-refractivity contribution in [2.75, 3.05) is 11.9 Å². The molecule has 0 saturated carbocycles. The van der Waals surface area contributed by atoms with Crippen molar-refractivity contribution < 1.29 is 9.59 Å². The highest BCUT2D eigenvalue weighted by molar-refractivity contribution is 8.26. The number of rotatable bonds is 5. The largest absolute Gasteiger partial charge is 0.325 e. The summed E-state index contributed by atoms with van der Waals surface area (Å²) in [6.07, 6.45) is 3.81. The number of carbonyl (C=O) groups is 2. The molecule has 1 aliphatic rings. The molecule has 2 amide bonds. The summed E-state index contributed by atoms with van der Waals surface area (Å²) >= 11 is 6.57. The Bertz CT molecular complexity index is 1230. The Morgan fingerprint density at radius 1 is 1.03 bits per heavy atom. The van der Waals surface area contributed by atoms with Crippen molar-refractivity contribution in [3.8, 4) is 0 Å². The molecule has 6 heteroatoms. The number of nitrogens with one attached hydrogen (secondary N) is 1. The summed E-state index contributed by atoms with van der Waals surface area (Å²) in [6.45, 7) is 1.82. The molecular weight excluding hydrogens is 424 g/mol. The van der Waals surface area contributed by atoms with Crippen LogP contribution in [0.5, 0.6) is 0 Å². The number of thiocarbonyl (C=S) groups is 1. The first-order chi connectivity index (χ1) is 15.0. The van der Waals surface area contributed by atoms with Crippen LogP contribution in [0.4, 0.5) is 5.69 Å². The minimum absolute atomic E-state index is 0.115. The minimum atomic E-state index is -0.288. The number of allylic oxidation sites excluding steroid dienone is 2. The van der Waals surface area contributed by atoms with Gasteiger partial charge in [-0.3, -0.25) is 14.5 Å². The first-order valence-corrected chi connectivity index (χ1v) is 11.0. The number of thioether (sulfide) groups is 1. The summed E-state index contributed by atoms with van der Waals surface area (Å²) < 4.78 is 0.387. The first kappa shape index (κ1) is 21.0. The Morgan fingerprint density at radius 2 is 1.74 bits per heavy atom. The molecule has 0 atom stereocenters. The Labute approximate surface area is 190 Å². The predicted octanol–water partition coefficient (Wildman–Crippen LogP) is 5.63. The zero-order chi connectivity index (χ0) is 21.8. The lowest BCUT2D eigenvalue weighted by Gasteiger charge is -2.14. The van der Waals surface area contributed by atoms with E-state index in [9.17, 15) is 9.59 Å². The molecule has 0 spiro atoms. The van der Waals surface area contributed by atoms with Gasteiger partial charge in [-0.25, -0.2) is 0 Å². The fraction of sp³-hybridized carbons (Fsp3) is 0.0800. The molecule has 31 heavy (non-hydrogen) atoms. The standard InChI is InChI=1S/C25H20N2O2S2/c1-17(13-18-7-3-2-4-8-18)14-22-24(29)27(25(30)31-22)16-23(28)26-21-12-11-19-9-5-6-10-20(19)15-21/h2-15H,16H2,1H3,(H,26,28)/b17-13+,22-14-. The van der Waals surface area contributed by atoms with Gasteiger partial charge in [0.1, 0.15) is 10.9 Å². The number of anilines is 1. The van der Waals surface area contributed by atoms with E-state index < -0.39 is 0 Å². The van der Waals surface area contributed by atoms with Crippen LogP contribution in [-0.4, -0.2) is 27.6 Å². The molecule has 4 nitrogen and oxygen atoms in total. The van der Waals surface area contributed by atoms with Crippen molar-refractivity contribution in [1.29, 1.82) is 0 Å².